The summed E-state index contributed by atoms with van der Waals surface area (Å²) in [4.78, 5) is 35.4. The number of nitro groups is 1. The molecule has 1 N–H and O–H groups in total. The number of carbonyl (C=O) groups is 2. The third-order valence-electron chi connectivity index (χ3n) is 3.59. The quantitative estimate of drug-likeness (QED) is 0.664. The summed E-state index contributed by atoms with van der Waals surface area (Å²) in [5, 5.41) is 13.3. The van der Waals surface area contributed by atoms with Gasteiger partial charge in [-0.1, -0.05) is 0 Å². The van der Waals surface area contributed by atoms with Crippen LogP contribution in [-0.4, -0.2) is 46.6 Å². The van der Waals surface area contributed by atoms with Crippen LogP contribution in [0, 0.1) is 15.9 Å². The molecule has 0 unspecified atom stereocenters. The first-order chi connectivity index (χ1) is 11.6. The van der Waals surface area contributed by atoms with Gasteiger partial charge in [0, 0.05) is 24.7 Å². The standard InChI is InChI=1S/C16H20FN3O5/c1-16(2,3)25-15(22)18-11-6-7-19(9-11)14(21)10-4-5-13(20(23)24)12(17)8-10/h4-5,8,11H,6-7,9H2,1-3H3,(H,18,22)/t11-/m1/s1. The van der Waals surface area contributed by atoms with Crippen molar-refractivity contribution in [1.82, 2.24) is 10.2 Å². The maximum Gasteiger partial charge on any atom is 0.407 e. The smallest absolute Gasteiger partial charge is 0.407 e. The Morgan fingerprint density at radius 2 is 2.08 bits per heavy atom. The summed E-state index contributed by atoms with van der Waals surface area (Å²) >= 11 is 0. The summed E-state index contributed by atoms with van der Waals surface area (Å²) in [7, 11) is 0. The van der Waals surface area contributed by atoms with Crippen molar-refractivity contribution in [1.29, 1.82) is 0 Å². The highest BCUT2D eigenvalue weighted by Gasteiger charge is 2.30. The molecule has 1 atom stereocenters. The lowest BCUT2D eigenvalue weighted by molar-refractivity contribution is -0.387. The van der Waals surface area contributed by atoms with Crippen LogP contribution < -0.4 is 5.32 Å². The third-order valence-corrected chi connectivity index (χ3v) is 3.59. The van der Waals surface area contributed by atoms with E-state index in [1.807, 2.05) is 0 Å². The van der Waals surface area contributed by atoms with Gasteiger partial charge in [0.1, 0.15) is 5.60 Å². The van der Waals surface area contributed by atoms with Crippen molar-refractivity contribution < 1.29 is 23.6 Å². The molecule has 8 nitrogen and oxygen atoms in total. The first kappa shape index (κ1) is 18.6. The van der Waals surface area contributed by atoms with E-state index < -0.39 is 34.0 Å². The monoisotopic (exact) mass is 353 g/mol. The summed E-state index contributed by atoms with van der Waals surface area (Å²) in [6.07, 6.45) is -0.0198. The molecule has 0 spiro atoms. The molecular weight excluding hydrogens is 333 g/mol. The van der Waals surface area contributed by atoms with Gasteiger partial charge in [-0.05, 0) is 39.3 Å². The molecule has 2 amide bonds. The van der Waals surface area contributed by atoms with Crippen molar-refractivity contribution in [3.8, 4) is 0 Å². The summed E-state index contributed by atoms with van der Waals surface area (Å²) in [6.45, 7) is 5.90. The van der Waals surface area contributed by atoms with E-state index in [0.717, 1.165) is 12.1 Å². The second-order valence-corrected chi connectivity index (χ2v) is 6.81. The zero-order valence-electron chi connectivity index (χ0n) is 14.2. The van der Waals surface area contributed by atoms with Gasteiger partial charge in [-0.15, -0.1) is 0 Å². The Morgan fingerprint density at radius 1 is 1.40 bits per heavy atom. The molecule has 0 aliphatic carbocycles. The van der Waals surface area contributed by atoms with E-state index in [1.54, 1.807) is 20.8 Å². The molecule has 136 valence electrons. The molecule has 1 aliphatic heterocycles. The van der Waals surface area contributed by atoms with Crippen molar-refractivity contribution in [3.05, 3.63) is 39.7 Å². The minimum atomic E-state index is -1.06. The predicted molar refractivity (Wildman–Crippen MR) is 86.7 cm³/mol. The number of amides is 2. The third kappa shape index (κ3) is 4.88. The molecule has 0 bridgehead atoms. The average molecular weight is 353 g/mol. The Morgan fingerprint density at radius 3 is 2.64 bits per heavy atom. The first-order valence-corrected chi connectivity index (χ1v) is 7.79. The van der Waals surface area contributed by atoms with Crippen molar-refractivity contribution in [2.75, 3.05) is 13.1 Å². The summed E-state index contributed by atoms with van der Waals surface area (Å²) < 4.78 is 18.8. The SMILES string of the molecule is CC(C)(C)OC(=O)N[C@@H]1CCN(C(=O)c2ccc([N+](=O)[O-])c(F)c2)C1. The Bertz CT molecular complexity index is 702. The van der Waals surface area contributed by atoms with E-state index in [1.165, 1.54) is 11.0 Å². The fourth-order valence-electron chi connectivity index (χ4n) is 2.51. The van der Waals surface area contributed by atoms with Crippen molar-refractivity contribution >= 4 is 17.7 Å². The Labute approximate surface area is 144 Å². The van der Waals surface area contributed by atoms with Crippen LogP contribution in [0.25, 0.3) is 0 Å². The lowest BCUT2D eigenvalue weighted by atomic mass is 10.1. The molecule has 0 radical (unpaired) electrons. The van der Waals surface area contributed by atoms with Gasteiger partial charge >= 0.3 is 11.8 Å². The Kier molecular flexibility index (Phi) is 5.24. The number of nitro benzene ring substituents is 1. The number of nitrogens with zero attached hydrogens (tertiary/aromatic N) is 2. The van der Waals surface area contributed by atoms with Crippen LogP contribution in [0.2, 0.25) is 0 Å². The maximum atomic E-state index is 13.7. The van der Waals surface area contributed by atoms with E-state index in [-0.39, 0.29) is 18.2 Å². The summed E-state index contributed by atoms with van der Waals surface area (Å²) in [5.74, 6) is -1.50. The summed E-state index contributed by atoms with van der Waals surface area (Å²) in [6, 6.07) is 2.78. The van der Waals surface area contributed by atoms with Crippen LogP contribution >= 0.6 is 0 Å². The van der Waals surface area contributed by atoms with Crippen molar-refractivity contribution in [2.24, 2.45) is 0 Å². The molecule has 1 saturated heterocycles. The largest absolute Gasteiger partial charge is 0.444 e. The van der Waals surface area contributed by atoms with Gasteiger partial charge in [-0.3, -0.25) is 14.9 Å². The number of ether oxygens (including phenoxy) is 1. The highest BCUT2D eigenvalue weighted by Crippen LogP contribution is 2.21. The number of alkyl carbamates (subject to hydrolysis) is 1. The fourth-order valence-corrected chi connectivity index (χ4v) is 2.51. The molecule has 0 aromatic heterocycles. The molecule has 0 saturated carbocycles. The van der Waals surface area contributed by atoms with Gasteiger partial charge < -0.3 is 15.0 Å². The molecule has 2 rings (SSSR count). The molecule has 1 aromatic carbocycles. The van der Waals surface area contributed by atoms with Crippen molar-refractivity contribution in [2.45, 2.75) is 38.8 Å². The normalized spacial score (nSPS) is 17.3. The van der Waals surface area contributed by atoms with Crippen LogP contribution in [0.15, 0.2) is 18.2 Å². The molecule has 25 heavy (non-hydrogen) atoms. The zero-order chi connectivity index (χ0) is 18.8. The van der Waals surface area contributed by atoms with Crippen LogP contribution in [0.1, 0.15) is 37.6 Å². The van der Waals surface area contributed by atoms with Gasteiger partial charge in [0.15, 0.2) is 0 Å². The summed E-state index contributed by atoms with van der Waals surface area (Å²) in [5.41, 5.74) is -1.27. The number of halogens is 1. The number of carbonyl (C=O) groups excluding carboxylic acids is 2. The first-order valence-electron chi connectivity index (χ1n) is 7.79. The van der Waals surface area contributed by atoms with Gasteiger partial charge in [0.25, 0.3) is 5.91 Å². The fraction of sp³-hybridized carbons (Fsp3) is 0.500. The van der Waals surface area contributed by atoms with Crippen LogP contribution in [0.3, 0.4) is 0 Å². The minimum Gasteiger partial charge on any atom is -0.444 e. The average Bonchev–Trinajstić information content (AvgIpc) is 2.92. The van der Waals surface area contributed by atoms with Gasteiger partial charge in [0.05, 0.1) is 11.0 Å². The van der Waals surface area contributed by atoms with Crippen molar-refractivity contribution in [3.63, 3.8) is 0 Å². The van der Waals surface area contributed by atoms with E-state index >= 15 is 0 Å². The van der Waals surface area contributed by atoms with E-state index in [2.05, 4.69) is 5.32 Å². The van der Waals surface area contributed by atoms with E-state index in [0.29, 0.717) is 13.0 Å². The molecule has 1 aromatic rings. The number of likely N-dealkylation sites (tertiary alicyclic amines) is 1. The molecule has 1 fully saturated rings. The second-order valence-electron chi connectivity index (χ2n) is 6.81. The number of nitrogens with one attached hydrogen (secondary N) is 1. The maximum absolute atomic E-state index is 13.7. The molecule has 1 heterocycles. The molecule has 1 aliphatic rings. The van der Waals surface area contributed by atoms with E-state index in [9.17, 15) is 24.1 Å². The minimum absolute atomic E-state index is 0.0287. The Hall–Kier alpha value is -2.71. The highest BCUT2D eigenvalue weighted by molar-refractivity contribution is 5.94. The predicted octanol–water partition coefficient (Wildman–Crippen LogP) is 2.47. The zero-order valence-corrected chi connectivity index (χ0v) is 14.2. The lowest BCUT2D eigenvalue weighted by Gasteiger charge is -2.22. The number of hydrogen-bond donors (Lipinski definition) is 1. The van der Waals surface area contributed by atoms with Crippen LogP contribution in [0.4, 0.5) is 14.9 Å². The number of benzene rings is 1. The van der Waals surface area contributed by atoms with Gasteiger partial charge in [0.2, 0.25) is 5.82 Å². The van der Waals surface area contributed by atoms with Gasteiger partial charge in [-0.25, -0.2) is 4.79 Å². The highest BCUT2D eigenvalue weighted by atomic mass is 19.1. The van der Waals surface area contributed by atoms with Crippen LogP contribution in [0.5, 0.6) is 0 Å². The molecule has 9 heteroatoms. The van der Waals surface area contributed by atoms with E-state index in [4.69, 9.17) is 4.74 Å². The van der Waals surface area contributed by atoms with Gasteiger partial charge in [-0.2, -0.15) is 4.39 Å². The Balaban J connectivity index is 1.97. The second kappa shape index (κ2) is 7.04. The topological polar surface area (TPSA) is 102 Å². The lowest BCUT2D eigenvalue weighted by Crippen LogP contribution is -2.41. The number of hydrogen-bond acceptors (Lipinski definition) is 5. The van der Waals surface area contributed by atoms with Crippen LogP contribution in [-0.2, 0) is 4.74 Å². The number of rotatable bonds is 3. The molecular formula is C16H20FN3O5.